The molecule has 2 heteroatoms. The summed E-state index contributed by atoms with van der Waals surface area (Å²) in [5.41, 5.74) is 3.24. The van der Waals surface area contributed by atoms with Crippen molar-refractivity contribution in [3.8, 4) is 11.1 Å². The molecule has 2 radical (unpaired) electrons. The lowest BCUT2D eigenvalue weighted by Crippen LogP contribution is -1.98. The SMILES string of the molecule is [B]c1ccc(-c2ccc3sc4ccccc4c3c2)cc1. The van der Waals surface area contributed by atoms with Crippen molar-refractivity contribution in [2.24, 2.45) is 0 Å². The fourth-order valence-electron chi connectivity index (χ4n) is 2.58. The maximum Gasteiger partial charge on any atom is 0.113 e. The lowest BCUT2D eigenvalue weighted by molar-refractivity contribution is 1.69. The van der Waals surface area contributed by atoms with E-state index in [0.717, 1.165) is 5.46 Å². The van der Waals surface area contributed by atoms with Gasteiger partial charge in [-0.15, -0.1) is 11.3 Å². The van der Waals surface area contributed by atoms with Crippen LogP contribution in [0, 0.1) is 0 Å². The van der Waals surface area contributed by atoms with Gasteiger partial charge in [0.2, 0.25) is 0 Å². The maximum absolute atomic E-state index is 5.75. The number of thiophene rings is 1. The van der Waals surface area contributed by atoms with Gasteiger partial charge >= 0.3 is 0 Å². The molecule has 0 N–H and O–H groups in total. The third-order valence-electron chi connectivity index (χ3n) is 3.62. The Morgan fingerprint density at radius 1 is 0.650 bits per heavy atom. The molecule has 92 valence electrons. The van der Waals surface area contributed by atoms with Crippen LogP contribution in [0.15, 0.2) is 66.7 Å². The van der Waals surface area contributed by atoms with Crippen molar-refractivity contribution in [1.82, 2.24) is 0 Å². The smallest absolute Gasteiger partial charge is 0.113 e. The second kappa shape index (κ2) is 4.50. The van der Waals surface area contributed by atoms with E-state index in [4.69, 9.17) is 7.85 Å². The largest absolute Gasteiger partial charge is 0.135 e. The molecule has 0 atom stereocenters. The van der Waals surface area contributed by atoms with E-state index in [1.165, 1.54) is 31.3 Å². The predicted molar refractivity (Wildman–Crippen MR) is 90.2 cm³/mol. The summed E-state index contributed by atoms with van der Waals surface area (Å²) < 4.78 is 2.68. The molecule has 0 amide bonds. The summed E-state index contributed by atoms with van der Waals surface area (Å²) in [5, 5.41) is 2.67. The summed E-state index contributed by atoms with van der Waals surface area (Å²) in [4.78, 5) is 0. The van der Waals surface area contributed by atoms with Crippen LogP contribution in [-0.4, -0.2) is 7.85 Å². The van der Waals surface area contributed by atoms with E-state index in [-0.39, 0.29) is 0 Å². The topological polar surface area (TPSA) is 0 Å². The first-order chi connectivity index (χ1) is 9.81. The van der Waals surface area contributed by atoms with Crippen LogP contribution in [0.4, 0.5) is 0 Å². The van der Waals surface area contributed by atoms with E-state index in [0.29, 0.717) is 0 Å². The van der Waals surface area contributed by atoms with Crippen molar-refractivity contribution < 1.29 is 0 Å². The second-order valence-electron chi connectivity index (χ2n) is 4.93. The highest BCUT2D eigenvalue weighted by Gasteiger charge is 2.06. The van der Waals surface area contributed by atoms with Crippen molar-refractivity contribution in [1.29, 1.82) is 0 Å². The van der Waals surface area contributed by atoms with Gasteiger partial charge < -0.3 is 0 Å². The van der Waals surface area contributed by atoms with Crippen molar-refractivity contribution in [3.05, 3.63) is 66.7 Å². The standard InChI is InChI=1S/C18H11BS/c19-14-8-5-12(6-9-14)13-7-10-18-16(11-13)15-3-1-2-4-17(15)20-18/h1-11H. The molecule has 0 nitrogen and oxygen atoms in total. The average molecular weight is 270 g/mol. The van der Waals surface area contributed by atoms with Gasteiger partial charge in [0.15, 0.2) is 0 Å². The van der Waals surface area contributed by atoms with Gasteiger partial charge in [0.25, 0.3) is 0 Å². The minimum Gasteiger partial charge on any atom is -0.135 e. The summed E-state index contributed by atoms with van der Waals surface area (Å²) in [6.45, 7) is 0. The Labute approximate surface area is 123 Å². The van der Waals surface area contributed by atoms with Gasteiger partial charge in [-0.05, 0) is 29.3 Å². The van der Waals surface area contributed by atoms with E-state index in [1.54, 1.807) is 0 Å². The molecule has 4 aromatic rings. The van der Waals surface area contributed by atoms with Gasteiger partial charge in [0.05, 0.1) is 0 Å². The minimum atomic E-state index is 0.802. The third kappa shape index (κ3) is 1.84. The maximum atomic E-state index is 5.75. The lowest BCUT2D eigenvalue weighted by atomic mass is 9.93. The summed E-state index contributed by atoms with van der Waals surface area (Å²) in [5.74, 6) is 0. The van der Waals surface area contributed by atoms with Gasteiger partial charge in [0.1, 0.15) is 7.85 Å². The van der Waals surface area contributed by atoms with Gasteiger partial charge in [-0.1, -0.05) is 54.0 Å². The molecule has 0 bridgehead atoms. The molecule has 4 rings (SSSR count). The first kappa shape index (κ1) is 11.7. The fraction of sp³-hybridized carbons (Fsp3) is 0. The molecule has 1 heterocycles. The average Bonchev–Trinajstić information content (AvgIpc) is 2.86. The highest BCUT2D eigenvalue weighted by atomic mass is 32.1. The lowest BCUT2D eigenvalue weighted by Gasteiger charge is -2.03. The van der Waals surface area contributed by atoms with Crippen LogP contribution in [-0.2, 0) is 0 Å². The highest BCUT2D eigenvalue weighted by Crippen LogP contribution is 2.35. The summed E-state index contributed by atoms with van der Waals surface area (Å²) in [6, 6.07) is 23.3. The molecular formula is C18H11BS. The number of hydrogen-bond donors (Lipinski definition) is 0. The van der Waals surface area contributed by atoms with E-state index in [1.807, 2.05) is 23.5 Å². The molecule has 3 aromatic carbocycles. The Morgan fingerprint density at radius 2 is 1.35 bits per heavy atom. The highest BCUT2D eigenvalue weighted by molar-refractivity contribution is 7.25. The first-order valence-corrected chi connectivity index (χ1v) is 7.40. The van der Waals surface area contributed by atoms with Crippen LogP contribution >= 0.6 is 11.3 Å². The molecule has 1 aromatic heterocycles. The molecule has 0 spiro atoms. The zero-order chi connectivity index (χ0) is 13.5. The Kier molecular flexibility index (Phi) is 2.64. The Hall–Kier alpha value is -2.06. The molecule has 0 aliphatic rings. The van der Waals surface area contributed by atoms with Crippen LogP contribution in [0.5, 0.6) is 0 Å². The van der Waals surface area contributed by atoms with E-state index >= 15 is 0 Å². The van der Waals surface area contributed by atoms with Gasteiger partial charge in [-0.3, -0.25) is 0 Å². The van der Waals surface area contributed by atoms with Crippen LogP contribution in [0.1, 0.15) is 0 Å². The molecular weight excluding hydrogens is 259 g/mol. The molecule has 0 unspecified atom stereocenters. The summed E-state index contributed by atoms with van der Waals surface area (Å²) in [6.07, 6.45) is 0. The van der Waals surface area contributed by atoms with E-state index in [9.17, 15) is 0 Å². The summed E-state index contributed by atoms with van der Waals surface area (Å²) in [7, 11) is 5.75. The first-order valence-electron chi connectivity index (χ1n) is 6.58. The van der Waals surface area contributed by atoms with Crippen LogP contribution < -0.4 is 5.46 Å². The number of rotatable bonds is 1. The zero-order valence-electron chi connectivity index (χ0n) is 10.8. The summed E-state index contributed by atoms with van der Waals surface area (Å²) >= 11 is 1.85. The third-order valence-corrected chi connectivity index (χ3v) is 4.77. The Balaban J connectivity index is 1.97. The number of benzene rings is 3. The minimum absolute atomic E-state index is 0.802. The number of fused-ring (bicyclic) bond motifs is 3. The van der Waals surface area contributed by atoms with Gasteiger partial charge in [-0.2, -0.15) is 0 Å². The molecule has 0 saturated heterocycles. The zero-order valence-corrected chi connectivity index (χ0v) is 11.7. The molecule has 0 aliphatic heterocycles. The monoisotopic (exact) mass is 270 g/mol. The van der Waals surface area contributed by atoms with Crippen LogP contribution in [0.3, 0.4) is 0 Å². The quantitative estimate of drug-likeness (QED) is 0.446. The van der Waals surface area contributed by atoms with Crippen LogP contribution in [0.25, 0.3) is 31.3 Å². The van der Waals surface area contributed by atoms with Gasteiger partial charge in [-0.25, -0.2) is 0 Å². The Morgan fingerprint density at radius 3 is 2.20 bits per heavy atom. The second-order valence-corrected chi connectivity index (χ2v) is 6.01. The van der Waals surface area contributed by atoms with Crippen molar-refractivity contribution in [3.63, 3.8) is 0 Å². The number of hydrogen-bond acceptors (Lipinski definition) is 1. The van der Waals surface area contributed by atoms with E-state index < -0.39 is 0 Å². The normalized spacial score (nSPS) is 11.2. The van der Waals surface area contributed by atoms with Crippen molar-refractivity contribution in [2.75, 3.05) is 0 Å². The van der Waals surface area contributed by atoms with Crippen molar-refractivity contribution >= 4 is 44.8 Å². The molecule has 20 heavy (non-hydrogen) atoms. The van der Waals surface area contributed by atoms with Gasteiger partial charge in [0, 0.05) is 20.2 Å². The van der Waals surface area contributed by atoms with E-state index in [2.05, 4.69) is 54.6 Å². The molecule has 0 fully saturated rings. The van der Waals surface area contributed by atoms with Crippen molar-refractivity contribution in [2.45, 2.75) is 0 Å². The fourth-order valence-corrected chi connectivity index (χ4v) is 3.67. The Bertz CT molecular complexity index is 904. The molecule has 0 aliphatic carbocycles. The van der Waals surface area contributed by atoms with Crippen LogP contribution in [0.2, 0.25) is 0 Å². The predicted octanol–water partition coefficient (Wildman–Crippen LogP) is 4.52. The molecule has 0 saturated carbocycles.